The molecule has 1 aliphatic heterocycles. The minimum absolute atomic E-state index is 0.149. The molecule has 0 N–H and O–H groups in total. The highest BCUT2D eigenvalue weighted by Crippen LogP contribution is 2.04. The van der Waals surface area contributed by atoms with Gasteiger partial charge in [-0.25, -0.2) is 0 Å². The van der Waals surface area contributed by atoms with Gasteiger partial charge in [0.2, 0.25) is 0 Å². The van der Waals surface area contributed by atoms with E-state index in [0.717, 1.165) is 5.75 Å². The van der Waals surface area contributed by atoms with Gasteiger partial charge in [0.25, 0.3) is 0 Å². The van der Waals surface area contributed by atoms with Crippen LogP contribution < -0.4 is 0 Å². The number of ether oxygens (including phenoxy) is 1. The van der Waals surface area contributed by atoms with Crippen molar-refractivity contribution in [1.29, 1.82) is 0 Å². The van der Waals surface area contributed by atoms with E-state index in [4.69, 9.17) is 0 Å². The van der Waals surface area contributed by atoms with Crippen molar-refractivity contribution in [3.63, 3.8) is 0 Å². The van der Waals surface area contributed by atoms with Gasteiger partial charge < -0.3 is 4.74 Å². The molecule has 0 spiro atoms. The summed E-state index contributed by atoms with van der Waals surface area (Å²) in [5.41, 5.74) is 0. The van der Waals surface area contributed by atoms with Crippen molar-refractivity contribution in [1.82, 2.24) is 0 Å². The molecule has 8 heavy (non-hydrogen) atoms. The minimum Gasteiger partial charge on any atom is -0.434 e. The average Bonchev–Trinajstić information content (AvgIpc) is 1.94. The summed E-state index contributed by atoms with van der Waals surface area (Å²) in [6.07, 6.45) is 3.28. The molecule has 0 saturated carbocycles. The predicted octanol–water partition coefficient (Wildman–Crippen LogP) is 0.790. The Bertz CT molecular complexity index is 120. The first kappa shape index (κ1) is 5.69. The lowest BCUT2D eigenvalue weighted by Crippen LogP contribution is -1.99. The van der Waals surface area contributed by atoms with Crippen molar-refractivity contribution in [2.45, 2.75) is 0 Å². The molecule has 0 saturated heterocycles. The molecule has 0 unspecified atom stereocenters. The van der Waals surface area contributed by atoms with Gasteiger partial charge in [-0.2, -0.15) is 0 Å². The van der Waals surface area contributed by atoms with Gasteiger partial charge in [-0.15, -0.1) is 11.8 Å². The van der Waals surface area contributed by atoms with Crippen molar-refractivity contribution >= 4 is 17.7 Å². The van der Waals surface area contributed by atoms with E-state index in [-0.39, 0.29) is 5.97 Å². The monoisotopic (exact) mass is 130 g/mol. The quantitative estimate of drug-likeness (QED) is 0.453. The molecular formula is C5H6O2S. The summed E-state index contributed by atoms with van der Waals surface area (Å²) in [4.78, 5) is 10.4. The average molecular weight is 130 g/mol. The molecule has 0 fully saturated rings. The first-order chi connectivity index (χ1) is 3.89. The third kappa shape index (κ3) is 1.58. The number of cyclic esters (lactones) is 1. The highest BCUT2D eigenvalue weighted by Gasteiger charge is 2.01. The third-order valence-corrected chi connectivity index (χ3v) is 1.60. The highest BCUT2D eigenvalue weighted by atomic mass is 32.2. The van der Waals surface area contributed by atoms with Gasteiger partial charge in [-0.3, -0.25) is 4.79 Å². The summed E-state index contributed by atoms with van der Waals surface area (Å²) in [5.74, 6) is 1.21. The third-order valence-electron chi connectivity index (χ3n) is 0.730. The lowest BCUT2D eigenvalue weighted by molar-refractivity contribution is -0.134. The number of hydrogen-bond donors (Lipinski definition) is 0. The van der Waals surface area contributed by atoms with Crippen LogP contribution >= 0.6 is 11.8 Å². The number of rotatable bonds is 0. The van der Waals surface area contributed by atoms with Crippen LogP contribution in [0, 0.1) is 0 Å². The maximum Gasteiger partial charge on any atom is 0.320 e. The van der Waals surface area contributed by atoms with E-state index in [1.807, 2.05) is 6.08 Å². The molecule has 0 amide bonds. The van der Waals surface area contributed by atoms with Crippen molar-refractivity contribution in [3.8, 4) is 0 Å². The van der Waals surface area contributed by atoms with Crippen LogP contribution in [0.5, 0.6) is 0 Å². The molecule has 0 radical (unpaired) electrons. The lowest BCUT2D eigenvalue weighted by Gasteiger charge is -1.89. The molecule has 0 aromatic heterocycles. The van der Waals surface area contributed by atoms with Gasteiger partial charge in [0.15, 0.2) is 0 Å². The molecule has 1 rings (SSSR count). The van der Waals surface area contributed by atoms with Crippen LogP contribution in [0.2, 0.25) is 0 Å². The van der Waals surface area contributed by atoms with E-state index in [2.05, 4.69) is 4.74 Å². The lowest BCUT2D eigenvalue weighted by atomic mass is 10.7. The van der Waals surface area contributed by atoms with Gasteiger partial charge in [-0.1, -0.05) is 0 Å². The predicted molar refractivity (Wildman–Crippen MR) is 32.6 cm³/mol. The van der Waals surface area contributed by atoms with Crippen molar-refractivity contribution in [3.05, 3.63) is 12.3 Å². The van der Waals surface area contributed by atoms with Crippen LogP contribution in [0.25, 0.3) is 0 Å². The normalized spacial score (nSPS) is 19.8. The smallest absolute Gasteiger partial charge is 0.320 e. The second-order valence-electron chi connectivity index (χ2n) is 1.38. The van der Waals surface area contributed by atoms with Gasteiger partial charge >= 0.3 is 5.97 Å². The van der Waals surface area contributed by atoms with E-state index >= 15 is 0 Å². The first-order valence-corrected chi connectivity index (χ1v) is 3.47. The maximum atomic E-state index is 10.4. The molecule has 0 atom stereocenters. The highest BCUT2D eigenvalue weighted by molar-refractivity contribution is 8.00. The molecule has 3 heteroatoms. The van der Waals surface area contributed by atoms with E-state index in [1.165, 1.54) is 6.26 Å². The van der Waals surface area contributed by atoms with Gasteiger partial charge in [0.05, 0.1) is 12.0 Å². The summed E-state index contributed by atoms with van der Waals surface area (Å²) in [6.45, 7) is 0. The molecular weight excluding hydrogens is 124 g/mol. The summed E-state index contributed by atoms with van der Waals surface area (Å²) in [6, 6.07) is 0. The van der Waals surface area contributed by atoms with Gasteiger partial charge in [0, 0.05) is 5.75 Å². The second-order valence-corrected chi connectivity index (χ2v) is 2.41. The topological polar surface area (TPSA) is 26.3 Å². The molecule has 2 nitrogen and oxygen atoms in total. The number of hydrogen-bond acceptors (Lipinski definition) is 3. The zero-order chi connectivity index (χ0) is 5.82. The molecule has 1 aliphatic rings. The largest absolute Gasteiger partial charge is 0.434 e. The Hall–Kier alpha value is -0.440. The Labute approximate surface area is 51.9 Å². The van der Waals surface area contributed by atoms with Crippen LogP contribution in [0.4, 0.5) is 0 Å². The van der Waals surface area contributed by atoms with E-state index in [0.29, 0.717) is 5.75 Å². The molecule has 0 bridgehead atoms. The van der Waals surface area contributed by atoms with Crippen LogP contribution in [0.15, 0.2) is 12.3 Å². The van der Waals surface area contributed by atoms with Crippen molar-refractivity contribution in [2.24, 2.45) is 0 Å². The molecule has 1 heterocycles. The molecule has 0 aromatic carbocycles. The fourth-order valence-corrected chi connectivity index (χ4v) is 0.975. The van der Waals surface area contributed by atoms with Crippen LogP contribution in [-0.4, -0.2) is 17.5 Å². The Morgan fingerprint density at radius 2 is 2.62 bits per heavy atom. The van der Waals surface area contributed by atoms with E-state index in [9.17, 15) is 4.79 Å². The van der Waals surface area contributed by atoms with Crippen LogP contribution in [-0.2, 0) is 9.53 Å². The zero-order valence-corrected chi connectivity index (χ0v) is 5.11. The number of carbonyl (C=O) groups excluding carboxylic acids is 1. The van der Waals surface area contributed by atoms with Gasteiger partial charge in [-0.05, 0) is 6.08 Å². The standard InChI is InChI=1S/C5H6O2S/c6-5-4-8-3-1-2-7-5/h1-2H,3-4H2. The summed E-state index contributed by atoms with van der Waals surface area (Å²) < 4.78 is 4.56. The zero-order valence-electron chi connectivity index (χ0n) is 4.29. The molecule has 44 valence electrons. The fraction of sp³-hybridized carbons (Fsp3) is 0.400. The number of thioether (sulfide) groups is 1. The second kappa shape index (κ2) is 2.77. The SMILES string of the molecule is O=C1CSCC=CO1. The number of esters is 1. The number of carbonyl (C=O) groups is 1. The minimum atomic E-state index is -0.149. The van der Waals surface area contributed by atoms with E-state index in [1.54, 1.807) is 11.8 Å². The first-order valence-electron chi connectivity index (χ1n) is 2.32. The Morgan fingerprint density at radius 1 is 1.75 bits per heavy atom. The molecule has 0 aliphatic carbocycles. The Kier molecular flexibility index (Phi) is 1.97. The van der Waals surface area contributed by atoms with E-state index < -0.39 is 0 Å². The fourth-order valence-electron chi connectivity index (χ4n) is 0.408. The van der Waals surface area contributed by atoms with Gasteiger partial charge in [0.1, 0.15) is 0 Å². The summed E-state index contributed by atoms with van der Waals surface area (Å²) in [7, 11) is 0. The Balaban J connectivity index is 2.41. The van der Waals surface area contributed by atoms with Crippen LogP contribution in [0.3, 0.4) is 0 Å². The molecule has 0 aromatic rings. The summed E-state index contributed by atoms with van der Waals surface area (Å²) >= 11 is 1.56. The Morgan fingerprint density at radius 3 is 3.50 bits per heavy atom. The maximum absolute atomic E-state index is 10.4. The van der Waals surface area contributed by atoms with Crippen LogP contribution in [0.1, 0.15) is 0 Å². The van der Waals surface area contributed by atoms with Crippen molar-refractivity contribution < 1.29 is 9.53 Å². The summed E-state index contributed by atoms with van der Waals surface area (Å²) in [5, 5.41) is 0. The van der Waals surface area contributed by atoms with Crippen molar-refractivity contribution in [2.75, 3.05) is 11.5 Å².